The number of carbonyl (C=O) groups is 3. The van der Waals surface area contributed by atoms with Crippen molar-refractivity contribution in [3.05, 3.63) is 71.7 Å². The van der Waals surface area contributed by atoms with E-state index in [2.05, 4.69) is 55.0 Å². The second-order valence-corrected chi connectivity index (χ2v) is 14.9. The van der Waals surface area contributed by atoms with Gasteiger partial charge in [0.2, 0.25) is 5.91 Å². The van der Waals surface area contributed by atoms with Gasteiger partial charge in [-0.05, 0) is 94.3 Å². The van der Waals surface area contributed by atoms with Gasteiger partial charge in [-0.25, -0.2) is 19.1 Å². The summed E-state index contributed by atoms with van der Waals surface area (Å²) in [5.74, 6) is 1.47. The predicted molar refractivity (Wildman–Crippen MR) is 201 cm³/mol. The fraction of sp³-hybridized carbons (Fsp3) is 0.436. The first kappa shape index (κ1) is 35.9. The molecule has 1 atom stereocenters. The summed E-state index contributed by atoms with van der Waals surface area (Å²) in [6, 6.07) is 14.1. The standard InChI is InChI=1S/C39H47N9O5/c1-25-18-27(9-10-28(25)21-40-38(51)53-39(2,3)4)35-33-20-30(23-48(33)42-24-41-35)52-17-7-15-46-14-6-8-29(22-46)26-11-12-31-32(19-26)45(5)44-36(31)47-16-13-34(49)43-37(47)50/h9-12,18-20,23-24,29H,6-8,13-17,21-22H2,1-5H3,(H,40,51)(H,43,49,50). The number of carbonyl (C=O) groups excluding carboxylic acids is 3. The molecular weight excluding hydrogens is 674 g/mol. The molecule has 0 saturated carbocycles. The molecule has 0 spiro atoms. The topological polar surface area (TPSA) is 148 Å². The molecule has 0 aliphatic carbocycles. The van der Waals surface area contributed by atoms with Gasteiger partial charge in [0.05, 0.1) is 29.5 Å². The maximum Gasteiger partial charge on any atom is 0.407 e. The minimum Gasteiger partial charge on any atom is -0.492 e. The number of alkyl carbamates (subject to hydrolysis) is 1. The fourth-order valence-corrected chi connectivity index (χ4v) is 7.21. The number of aromatic nitrogens is 5. The third-order valence-corrected chi connectivity index (χ3v) is 9.85. The second-order valence-electron chi connectivity index (χ2n) is 14.9. The molecule has 4 amide bonds. The number of fused-ring (bicyclic) bond motifs is 2. The molecule has 14 nitrogen and oxygen atoms in total. The number of hydrogen-bond acceptors (Lipinski definition) is 9. The van der Waals surface area contributed by atoms with Gasteiger partial charge in [-0.2, -0.15) is 10.2 Å². The van der Waals surface area contributed by atoms with Gasteiger partial charge in [0, 0.05) is 56.7 Å². The molecule has 5 heterocycles. The highest BCUT2D eigenvalue weighted by atomic mass is 16.6. The van der Waals surface area contributed by atoms with Crippen LogP contribution in [-0.2, 0) is 23.1 Å². The van der Waals surface area contributed by atoms with E-state index in [1.54, 1.807) is 15.7 Å². The normalized spacial score (nSPS) is 17.0. The third kappa shape index (κ3) is 8.12. The molecule has 7 rings (SSSR count). The van der Waals surface area contributed by atoms with Gasteiger partial charge in [0.15, 0.2) is 5.82 Å². The number of benzene rings is 2. The number of imide groups is 1. The second kappa shape index (κ2) is 14.9. The Hall–Kier alpha value is -5.50. The number of hydrogen-bond donors (Lipinski definition) is 2. The Kier molecular flexibility index (Phi) is 10.1. The summed E-state index contributed by atoms with van der Waals surface area (Å²) in [7, 11) is 1.89. The first-order valence-electron chi connectivity index (χ1n) is 18.2. The fourth-order valence-electron chi connectivity index (χ4n) is 7.21. The van der Waals surface area contributed by atoms with Crippen LogP contribution in [0.5, 0.6) is 5.75 Å². The van der Waals surface area contributed by atoms with Gasteiger partial charge < -0.3 is 19.7 Å². The molecule has 2 aliphatic rings. The van der Waals surface area contributed by atoms with Crippen molar-refractivity contribution in [3.63, 3.8) is 0 Å². The van der Waals surface area contributed by atoms with Gasteiger partial charge in [0.25, 0.3) is 0 Å². The highest BCUT2D eigenvalue weighted by Gasteiger charge is 2.29. The molecule has 14 heteroatoms. The van der Waals surface area contributed by atoms with Crippen LogP contribution in [0.15, 0.2) is 55.0 Å². The van der Waals surface area contributed by atoms with Gasteiger partial charge in [-0.1, -0.05) is 18.2 Å². The first-order chi connectivity index (χ1) is 25.4. The molecule has 1 unspecified atom stereocenters. The summed E-state index contributed by atoms with van der Waals surface area (Å²) in [6.07, 6.45) is 6.38. The Morgan fingerprint density at radius 1 is 1.08 bits per heavy atom. The van der Waals surface area contributed by atoms with Crippen molar-refractivity contribution < 1.29 is 23.9 Å². The van der Waals surface area contributed by atoms with E-state index in [1.165, 1.54) is 5.56 Å². The van der Waals surface area contributed by atoms with E-state index < -0.39 is 17.7 Å². The lowest BCUT2D eigenvalue weighted by Gasteiger charge is -2.33. The Bertz CT molecular complexity index is 2170. The van der Waals surface area contributed by atoms with Crippen molar-refractivity contribution >= 4 is 40.3 Å². The molecule has 5 aromatic rings. The number of anilines is 1. The number of aryl methyl sites for hydroxylation is 2. The smallest absolute Gasteiger partial charge is 0.407 e. The lowest BCUT2D eigenvalue weighted by Crippen LogP contribution is -2.49. The van der Waals surface area contributed by atoms with Crippen LogP contribution in [0.3, 0.4) is 0 Å². The number of ether oxygens (including phenoxy) is 2. The van der Waals surface area contributed by atoms with E-state index in [-0.39, 0.29) is 12.3 Å². The first-order valence-corrected chi connectivity index (χ1v) is 18.2. The minimum absolute atomic E-state index is 0.257. The maximum atomic E-state index is 12.5. The summed E-state index contributed by atoms with van der Waals surface area (Å²) in [5.41, 5.74) is 6.34. The third-order valence-electron chi connectivity index (χ3n) is 9.85. The largest absolute Gasteiger partial charge is 0.492 e. The highest BCUT2D eigenvalue weighted by Crippen LogP contribution is 2.33. The SMILES string of the molecule is Cc1cc(-c2ncnn3cc(OCCCN4CCCC(c5ccc6c(N7CCC(=O)NC7=O)nn(C)c6c5)C4)cc23)ccc1CNC(=O)OC(C)(C)C. The molecular formula is C39H47N9O5. The van der Waals surface area contributed by atoms with Crippen LogP contribution in [0.4, 0.5) is 15.4 Å². The summed E-state index contributed by atoms with van der Waals surface area (Å²) < 4.78 is 15.2. The Balaban J connectivity index is 0.936. The average molecular weight is 722 g/mol. The van der Waals surface area contributed by atoms with Crippen molar-refractivity contribution in [1.82, 2.24) is 39.9 Å². The van der Waals surface area contributed by atoms with Crippen molar-refractivity contribution in [2.24, 2.45) is 7.05 Å². The van der Waals surface area contributed by atoms with E-state index in [4.69, 9.17) is 9.47 Å². The molecule has 53 heavy (non-hydrogen) atoms. The zero-order chi connectivity index (χ0) is 37.3. The minimum atomic E-state index is -0.550. The van der Waals surface area contributed by atoms with Gasteiger partial charge >= 0.3 is 12.1 Å². The number of urea groups is 1. The quantitative estimate of drug-likeness (QED) is 0.173. The van der Waals surface area contributed by atoms with Crippen LogP contribution in [0.2, 0.25) is 0 Å². The zero-order valence-corrected chi connectivity index (χ0v) is 31.0. The Morgan fingerprint density at radius 3 is 2.72 bits per heavy atom. The molecule has 2 aliphatic heterocycles. The monoisotopic (exact) mass is 721 g/mol. The number of nitrogens with one attached hydrogen (secondary N) is 2. The van der Waals surface area contributed by atoms with E-state index in [1.807, 2.05) is 63.8 Å². The number of piperidine rings is 1. The summed E-state index contributed by atoms with van der Waals surface area (Å²) >= 11 is 0. The van der Waals surface area contributed by atoms with E-state index in [9.17, 15) is 14.4 Å². The Morgan fingerprint density at radius 2 is 1.92 bits per heavy atom. The highest BCUT2D eigenvalue weighted by molar-refractivity contribution is 6.08. The van der Waals surface area contributed by atoms with Crippen LogP contribution in [-0.4, -0.2) is 85.7 Å². The summed E-state index contributed by atoms with van der Waals surface area (Å²) in [4.78, 5) is 44.9. The van der Waals surface area contributed by atoms with Crippen LogP contribution in [0, 0.1) is 6.92 Å². The number of amides is 4. The van der Waals surface area contributed by atoms with Crippen LogP contribution >= 0.6 is 0 Å². The van der Waals surface area contributed by atoms with E-state index in [0.29, 0.717) is 31.4 Å². The van der Waals surface area contributed by atoms with Crippen LogP contribution in [0.25, 0.3) is 27.7 Å². The number of nitrogens with zero attached hydrogens (tertiary/aromatic N) is 7. The van der Waals surface area contributed by atoms with Crippen LogP contribution in [0.1, 0.15) is 69.1 Å². The van der Waals surface area contributed by atoms with Crippen molar-refractivity contribution in [3.8, 4) is 17.0 Å². The maximum absolute atomic E-state index is 12.5. The molecule has 2 N–H and O–H groups in total. The van der Waals surface area contributed by atoms with Crippen LogP contribution < -0.4 is 20.3 Å². The lowest BCUT2D eigenvalue weighted by molar-refractivity contribution is -0.120. The molecule has 2 aromatic carbocycles. The van der Waals surface area contributed by atoms with Crippen molar-refractivity contribution in [2.45, 2.75) is 71.4 Å². The van der Waals surface area contributed by atoms with Crippen molar-refractivity contribution in [2.75, 3.05) is 37.7 Å². The number of likely N-dealkylation sites (tertiary alicyclic amines) is 1. The zero-order valence-electron chi connectivity index (χ0n) is 31.0. The van der Waals surface area contributed by atoms with Gasteiger partial charge in [0.1, 0.15) is 17.7 Å². The average Bonchev–Trinajstić information content (AvgIpc) is 3.69. The molecule has 0 radical (unpaired) electrons. The van der Waals surface area contributed by atoms with Gasteiger partial charge in [-0.15, -0.1) is 0 Å². The van der Waals surface area contributed by atoms with E-state index in [0.717, 1.165) is 83.5 Å². The van der Waals surface area contributed by atoms with Crippen molar-refractivity contribution in [1.29, 1.82) is 0 Å². The molecule has 0 bridgehead atoms. The summed E-state index contributed by atoms with van der Waals surface area (Å²) in [5, 5.41) is 15.2. The predicted octanol–water partition coefficient (Wildman–Crippen LogP) is 5.71. The molecule has 2 fully saturated rings. The molecule has 2 saturated heterocycles. The number of rotatable bonds is 10. The summed E-state index contributed by atoms with van der Waals surface area (Å²) in [6.45, 7) is 11.8. The molecule has 3 aromatic heterocycles. The van der Waals surface area contributed by atoms with E-state index >= 15 is 0 Å². The van der Waals surface area contributed by atoms with Gasteiger partial charge in [-0.3, -0.25) is 19.7 Å². The lowest BCUT2D eigenvalue weighted by atomic mass is 9.90. The Labute approximate surface area is 308 Å². The molecule has 278 valence electrons.